The lowest BCUT2D eigenvalue weighted by molar-refractivity contribution is -0.255. The maximum absolute atomic E-state index is 11.1. The van der Waals surface area contributed by atoms with Gasteiger partial charge in [0.15, 0.2) is 0 Å². The Morgan fingerprint density at radius 2 is 1.71 bits per heavy atom. The number of hydrogen-bond donors (Lipinski definition) is 1. The Morgan fingerprint density at radius 1 is 0.929 bits per heavy atom. The third-order valence-corrected chi connectivity index (χ3v) is 5.99. The van der Waals surface area contributed by atoms with E-state index in [2.05, 4.69) is 59.9 Å². The molecule has 0 unspecified atom stereocenters. The number of carboxylic acids is 1. The van der Waals surface area contributed by atoms with Crippen LogP contribution in [0.15, 0.2) is 84.9 Å². The van der Waals surface area contributed by atoms with Crippen molar-refractivity contribution in [3.63, 3.8) is 0 Å². The van der Waals surface area contributed by atoms with Gasteiger partial charge in [-0.3, -0.25) is 0 Å². The van der Waals surface area contributed by atoms with Crippen molar-refractivity contribution in [1.82, 2.24) is 0 Å². The highest BCUT2D eigenvalue weighted by molar-refractivity contribution is 5.86. The van der Waals surface area contributed by atoms with E-state index in [1.165, 1.54) is 22.4 Å². The van der Waals surface area contributed by atoms with Gasteiger partial charge in [-0.15, -0.1) is 0 Å². The van der Waals surface area contributed by atoms with Crippen molar-refractivity contribution in [1.29, 1.82) is 0 Å². The van der Waals surface area contributed by atoms with E-state index in [0.29, 0.717) is 11.8 Å². The minimum atomic E-state index is -1.14. The van der Waals surface area contributed by atoms with E-state index in [0.717, 1.165) is 12.0 Å². The molecule has 0 aromatic heterocycles. The van der Waals surface area contributed by atoms with Crippen LogP contribution in [0.4, 0.5) is 5.69 Å². The molecule has 1 aliphatic carbocycles. The van der Waals surface area contributed by atoms with E-state index in [-0.39, 0.29) is 11.6 Å². The summed E-state index contributed by atoms with van der Waals surface area (Å²) in [4.78, 5) is 11.1. The third kappa shape index (κ3) is 2.71. The number of anilines is 1. The zero-order valence-electron chi connectivity index (χ0n) is 15.3. The average molecular weight is 366 g/mol. The maximum Gasteiger partial charge on any atom is 0.0715 e. The number of para-hydroxylation sites is 1. The molecule has 28 heavy (non-hydrogen) atoms. The van der Waals surface area contributed by atoms with E-state index < -0.39 is 5.97 Å². The smallest absolute Gasteiger partial charge is 0.0715 e. The Kier molecular flexibility index (Phi) is 4.01. The number of carbonyl (C=O) groups excluding carboxylic acids is 1. The molecule has 1 heterocycles. The predicted molar refractivity (Wildman–Crippen MR) is 109 cm³/mol. The van der Waals surface area contributed by atoms with Gasteiger partial charge >= 0.3 is 0 Å². The predicted octanol–water partition coefficient (Wildman–Crippen LogP) is 4.54. The zero-order chi connectivity index (χ0) is 19.1. The summed E-state index contributed by atoms with van der Waals surface area (Å²) in [5.41, 5.74) is 6.23. The van der Waals surface area contributed by atoms with Crippen molar-refractivity contribution < 1.29 is 9.90 Å². The molecule has 1 aliphatic heterocycles. The van der Waals surface area contributed by atoms with Crippen LogP contribution in [0.1, 0.15) is 39.9 Å². The molecule has 3 aromatic rings. The highest BCUT2D eigenvalue weighted by Gasteiger charge is 2.38. The van der Waals surface area contributed by atoms with Crippen LogP contribution in [0.25, 0.3) is 11.1 Å². The van der Waals surface area contributed by atoms with Gasteiger partial charge in [0.1, 0.15) is 0 Å². The number of benzene rings is 3. The highest BCUT2D eigenvalue weighted by atomic mass is 16.4. The largest absolute Gasteiger partial charge is 0.545 e. The molecule has 5 rings (SSSR count). The van der Waals surface area contributed by atoms with Crippen LogP contribution in [0.5, 0.6) is 0 Å². The molecule has 0 saturated carbocycles. The van der Waals surface area contributed by atoms with Crippen molar-refractivity contribution in [3.05, 3.63) is 102 Å². The lowest BCUT2D eigenvalue weighted by Crippen LogP contribution is -2.29. The van der Waals surface area contributed by atoms with Crippen LogP contribution in [0.3, 0.4) is 0 Å². The molecule has 0 bridgehead atoms. The van der Waals surface area contributed by atoms with Gasteiger partial charge in [0, 0.05) is 17.2 Å². The van der Waals surface area contributed by atoms with Crippen LogP contribution in [0, 0.1) is 5.92 Å². The SMILES string of the molecule is O=C([O-])c1ccc([C@@H]2Nc3c(-c4ccccc4)cccc3[C@@H]3C=CC[C@H]32)cc1. The van der Waals surface area contributed by atoms with Crippen molar-refractivity contribution in [2.24, 2.45) is 5.92 Å². The number of fused-ring (bicyclic) bond motifs is 3. The fourth-order valence-electron chi connectivity index (χ4n) is 4.64. The molecule has 0 fully saturated rings. The quantitative estimate of drug-likeness (QED) is 0.692. The lowest BCUT2D eigenvalue weighted by Gasteiger charge is -2.38. The first-order chi connectivity index (χ1) is 13.7. The molecule has 138 valence electrons. The van der Waals surface area contributed by atoms with Crippen LogP contribution in [0.2, 0.25) is 0 Å². The summed E-state index contributed by atoms with van der Waals surface area (Å²) in [6.07, 6.45) is 5.60. The Hall–Kier alpha value is -3.33. The summed E-state index contributed by atoms with van der Waals surface area (Å²) < 4.78 is 0. The van der Waals surface area contributed by atoms with Gasteiger partial charge in [-0.25, -0.2) is 0 Å². The standard InChI is InChI=1S/C25H21NO2/c27-25(28)18-14-12-17(13-15-18)23-21-10-5-9-20(21)22-11-4-8-19(24(22)26-23)16-6-2-1-3-7-16/h1-9,11-15,20-21,23,26H,10H2,(H,27,28)/p-1/t20-,21-,23+/m1/s1. The van der Waals surface area contributed by atoms with Gasteiger partial charge in [0.25, 0.3) is 0 Å². The first-order valence-electron chi connectivity index (χ1n) is 9.65. The molecule has 0 amide bonds. The summed E-state index contributed by atoms with van der Waals surface area (Å²) in [5, 5.41) is 14.9. The Bertz CT molecular complexity index is 1050. The van der Waals surface area contributed by atoms with Crippen molar-refractivity contribution in [2.45, 2.75) is 18.4 Å². The summed E-state index contributed by atoms with van der Waals surface area (Å²) in [6.45, 7) is 0. The monoisotopic (exact) mass is 366 g/mol. The Labute approximate surface area is 164 Å². The molecule has 2 aliphatic rings. The van der Waals surface area contributed by atoms with Crippen LogP contribution in [-0.4, -0.2) is 5.97 Å². The van der Waals surface area contributed by atoms with Gasteiger partial charge in [-0.05, 0) is 34.6 Å². The number of aromatic carboxylic acids is 1. The summed E-state index contributed by atoms with van der Waals surface area (Å²) in [7, 11) is 0. The van der Waals surface area contributed by atoms with E-state index in [1.54, 1.807) is 12.1 Å². The molecule has 0 radical (unpaired) electrons. The second kappa shape index (κ2) is 6.68. The zero-order valence-corrected chi connectivity index (χ0v) is 15.3. The molecule has 3 aromatic carbocycles. The number of allylic oxidation sites excluding steroid dienone is 2. The van der Waals surface area contributed by atoms with Crippen LogP contribution in [-0.2, 0) is 0 Å². The van der Waals surface area contributed by atoms with Crippen LogP contribution >= 0.6 is 0 Å². The first-order valence-corrected chi connectivity index (χ1v) is 9.65. The topological polar surface area (TPSA) is 52.2 Å². The Morgan fingerprint density at radius 3 is 2.46 bits per heavy atom. The van der Waals surface area contributed by atoms with E-state index >= 15 is 0 Å². The highest BCUT2D eigenvalue weighted by Crippen LogP contribution is 2.52. The van der Waals surface area contributed by atoms with E-state index in [1.807, 2.05) is 18.2 Å². The number of carbonyl (C=O) groups is 1. The average Bonchev–Trinajstić information content (AvgIpc) is 3.24. The minimum absolute atomic E-state index is 0.133. The lowest BCUT2D eigenvalue weighted by atomic mass is 9.76. The maximum atomic E-state index is 11.1. The second-order valence-electron chi connectivity index (χ2n) is 7.52. The molecule has 0 spiro atoms. The molecule has 3 heteroatoms. The molecular weight excluding hydrogens is 346 g/mol. The Balaban J connectivity index is 1.60. The molecule has 3 atom stereocenters. The molecular formula is C25H20NO2-. The van der Waals surface area contributed by atoms with E-state index in [4.69, 9.17) is 0 Å². The number of nitrogens with one attached hydrogen (secondary N) is 1. The van der Waals surface area contributed by atoms with Crippen molar-refractivity contribution >= 4 is 11.7 Å². The fourth-order valence-corrected chi connectivity index (χ4v) is 4.64. The van der Waals surface area contributed by atoms with Gasteiger partial charge in [0.05, 0.1) is 12.0 Å². The van der Waals surface area contributed by atoms with E-state index in [9.17, 15) is 9.90 Å². The van der Waals surface area contributed by atoms with Gasteiger partial charge in [-0.2, -0.15) is 0 Å². The summed E-state index contributed by atoms with van der Waals surface area (Å²) in [5.74, 6) is -0.349. The first kappa shape index (κ1) is 16.8. The number of rotatable bonds is 3. The second-order valence-corrected chi connectivity index (χ2v) is 7.52. The molecule has 0 saturated heterocycles. The summed E-state index contributed by atoms with van der Waals surface area (Å²) >= 11 is 0. The minimum Gasteiger partial charge on any atom is -0.545 e. The van der Waals surface area contributed by atoms with Crippen molar-refractivity contribution in [2.75, 3.05) is 5.32 Å². The number of carboxylic acid groups (broad SMARTS) is 1. The number of hydrogen-bond acceptors (Lipinski definition) is 3. The normalized spacial score (nSPS) is 22.2. The van der Waals surface area contributed by atoms with Crippen LogP contribution < -0.4 is 10.4 Å². The van der Waals surface area contributed by atoms with Crippen molar-refractivity contribution in [3.8, 4) is 11.1 Å². The molecule has 1 N–H and O–H groups in total. The van der Waals surface area contributed by atoms with Gasteiger partial charge < -0.3 is 15.2 Å². The third-order valence-electron chi connectivity index (χ3n) is 5.99. The fraction of sp³-hybridized carbons (Fsp3) is 0.160. The van der Waals surface area contributed by atoms with Gasteiger partial charge in [0.2, 0.25) is 0 Å². The van der Waals surface area contributed by atoms with Gasteiger partial charge in [-0.1, -0.05) is 84.9 Å². The molecule has 3 nitrogen and oxygen atoms in total. The summed E-state index contributed by atoms with van der Waals surface area (Å²) in [6, 6.07) is 24.2.